The largest absolute Gasteiger partial charge is 0.339 e. The standard InChI is InChI=1S/C20H29FN2O3S/c1-3-17-6-4-5-11-23(17)20(24)16-9-12-22(13-10-16)27(25,26)18-7-8-19(21)15(2)14-18/h7-8,14,16-17H,3-6,9-13H2,1-2H3. The number of sulfonamides is 1. The van der Waals surface area contributed by atoms with Crippen LogP contribution in [0.1, 0.15) is 51.0 Å². The van der Waals surface area contributed by atoms with Gasteiger partial charge in [0.05, 0.1) is 4.90 Å². The van der Waals surface area contributed by atoms with E-state index < -0.39 is 15.8 Å². The number of benzene rings is 1. The van der Waals surface area contributed by atoms with Gasteiger partial charge in [-0.1, -0.05) is 6.92 Å². The van der Waals surface area contributed by atoms with Gasteiger partial charge in [0.1, 0.15) is 5.82 Å². The zero-order chi connectivity index (χ0) is 19.6. The van der Waals surface area contributed by atoms with Gasteiger partial charge in [-0.15, -0.1) is 0 Å². The Kier molecular flexibility index (Phi) is 6.21. The zero-order valence-electron chi connectivity index (χ0n) is 16.2. The summed E-state index contributed by atoms with van der Waals surface area (Å²) in [6, 6.07) is 4.21. The lowest BCUT2D eigenvalue weighted by Crippen LogP contribution is -2.49. The molecule has 1 atom stereocenters. The number of likely N-dealkylation sites (tertiary alicyclic amines) is 1. The van der Waals surface area contributed by atoms with Gasteiger partial charge in [-0.05, 0) is 69.2 Å². The maximum atomic E-state index is 13.5. The molecule has 150 valence electrons. The van der Waals surface area contributed by atoms with Crippen molar-refractivity contribution in [2.24, 2.45) is 5.92 Å². The number of carbonyl (C=O) groups excluding carboxylic acids is 1. The number of amides is 1. The third-order valence-electron chi connectivity index (χ3n) is 5.95. The first kappa shape index (κ1) is 20.3. The number of carbonyl (C=O) groups is 1. The van der Waals surface area contributed by atoms with Crippen LogP contribution in [0.4, 0.5) is 4.39 Å². The highest BCUT2D eigenvalue weighted by molar-refractivity contribution is 7.89. The van der Waals surface area contributed by atoms with Gasteiger partial charge in [0.2, 0.25) is 15.9 Å². The van der Waals surface area contributed by atoms with Crippen molar-refractivity contribution in [3.8, 4) is 0 Å². The molecule has 3 rings (SSSR count). The van der Waals surface area contributed by atoms with Crippen LogP contribution in [-0.2, 0) is 14.8 Å². The molecule has 0 radical (unpaired) electrons. The topological polar surface area (TPSA) is 57.7 Å². The number of hydrogen-bond acceptors (Lipinski definition) is 3. The normalized spacial score (nSPS) is 22.8. The summed E-state index contributed by atoms with van der Waals surface area (Å²) in [5.74, 6) is -0.319. The zero-order valence-corrected chi connectivity index (χ0v) is 17.0. The predicted octanol–water partition coefficient (Wildman–Crippen LogP) is 3.33. The van der Waals surface area contributed by atoms with Crippen molar-refractivity contribution in [1.29, 1.82) is 0 Å². The van der Waals surface area contributed by atoms with E-state index in [-0.39, 0.29) is 16.7 Å². The molecule has 5 nitrogen and oxygen atoms in total. The van der Waals surface area contributed by atoms with Crippen molar-refractivity contribution in [3.63, 3.8) is 0 Å². The Labute approximate surface area is 161 Å². The molecule has 2 saturated heterocycles. The highest BCUT2D eigenvalue weighted by atomic mass is 32.2. The van der Waals surface area contributed by atoms with E-state index in [1.807, 2.05) is 4.90 Å². The second-order valence-corrected chi connectivity index (χ2v) is 9.62. The highest BCUT2D eigenvalue weighted by Gasteiger charge is 2.36. The fourth-order valence-electron chi connectivity index (χ4n) is 4.22. The summed E-state index contributed by atoms with van der Waals surface area (Å²) < 4.78 is 40.6. The Balaban J connectivity index is 1.65. The van der Waals surface area contributed by atoms with E-state index in [9.17, 15) is 17.6 Å². The van der Waals surface area contributed by atoms with E-state index in [1.165, 1.54) is 28.9 Å². The van der Waals surface area contributed by atoms with E-state index in [1.54, 1.807) is 6.92 Å². The average molecular weight is 397 g/mol. The van der Waals surface area contributed by atoms with Crippen molar-refractivity contribution in [2.75, 3.05) is 19.6 Å². The maximum Gasteiger partial charge on any atom is 0.243 e. The van der Waals surface area contributed by atoms with Crippen LogP contribution in [0, 0.1) is 18.7 Å². The van der Waals surface area contributed by atoms with Crippen LogP contribution in [0.15, 0.2) is 23.1 Å². The fourth-order valence-corrected chi connectivity index (χ4v) is 5.77. The maximum absolute atomic E-state index is 13.5. The molecule has 0 spiro atoms. The lowest BCUT2D eigenvalue weighted by atomic mass is 9.92. The number of halogens is 1. The van der Waals surface area contributed by atoms with E-state index >= 15 is 0 Å². The molecule has 2 aliphatic rings. The first-order valence-electron chi connectivity index (χ1n) is 9.91. The van der Waals surface area contributed by atoms with Gasteiger partial charge in [-0.3, -0.25) is 4.79 Å². The van der Waals surface area contributed by atoms with E-state index in [2.05, 4.69) is 6.92 Å². The Hall–Kier alpha value is -1.47. The minimum Gasteiger partial charge on any atom is -0.339 e. The van der Waals surface area contributed by atoms with Gasteiger partial charge in [-0.25, -0.2) is 12.8 Å². The Morgan fingerprint density at radius 2 is 1.85 bits per heavy atom. The quantitative estimate of drug-likeness (QED) is 0.784. The van der Waals surface area contributed by atoms with Crippen molar-refractivity contribution < 1.29 is 17.6 Å². The molecule has 0 aliphatic carbocycles. The number of rotatable bonds is 4. The summed E-state index contributed by atoms with van der Waals surface area (Å²) >= 11 is 0. The number of hydrogen-bond donors (Lipinski definition) is 0. The second kappa shape index (κ2) is 8.27. The fraction of sp³-hybridized carbons (Fsp3) is 0.650. The van der Waals surface area contributed by atoms with Gasteiger partial charge in [0, 0.05) is 31.6 Å². The molecule has 0 aromatic heterocycles. The van der Waals surface area contributed by atoms with Crippen LogP contribution in [0.2, 0.25) is 0 Å². The number of nitrogens with zero attached hydrogens (tertiary/aromatic N) is 2. The summed E-state index contributed by atoms with van der Waals surface area (Å²) in [4.78, 5) is 15.1. The van der Waals surface area contributed by atoms with E-state index in [0.29, 0.717) is 37.5 Å². The second-order valence-electron chi connectivity index (χ2n) is 7.68. The van der Waals surface area contributed by atoms with Crippen LogP contribution in [0.5, 0.6) is 0 Å². The molecule has 7 heteroatoms. The smallest absolute Gasteiger partial charge is 0.243 e. The molecule has 0 saturated carbocycles. The lowest BCUT2D eigenvalue weighted by Gasteiger charge is -2.39. The molecular formula is C20H29FN2O3S. The minimum absolute atomic E-state index is 0.0986. The molecule has 27 heavy (non-hydrogen) atoms. The first-order valence-corrected chi connectivity index (χ1v) is 11.4. The van der Waals surface area contributed by atoms with Crippen LogP contribution in [0.25, 0.3) is 0 Å². The number of piperidine rings is 2. The van der Waals surface area contributed by atoms with Crippen molar-refractivity contribution in [1.82, 2.24) is 9.21 Å². The molecule has 1 amide bonds. The Morgan fingerprint density at radius 3 is 2.48 bits per heavy atom. The number of aryl methyl sites for hydroxylation is 1. The van der Waals surface area contributed by atoms with Crippen LogP contribution in [0.3, 0.4) is 0 Å². The summed E-state index contributed by atoms with van der Waals surface area (Å²) in [6.45, 7) is 5.17. The first-order chi connectivity index (χ1) is 12.8. The van der Waals surface area contributed by atoms with E-state index in [0.717, 1.165) is 25.8 Å². The summed E-state index contributed by atoms with van der Waals surface area (Å²) in [5, 5.41) is 0. The average Bonchev–Trinajstić information content (AvgIpc) is 2.69. The van der Waals surface area contributed by atoms with Crippen molar-refractivity contribution in [2.45, 2.75) is 63.3 Å². The molecule has 1 aromatic rings. The molecular weight excluding hydrogens is 367 g/mol. The SMILES string of the molecule is CCC1CCCCN1C(=O)C1CCN(S(=O)(=O)c2ccc(F)c(C)c2)CC1. The molecule has 0 bridgehead atoms. The van der Waals surface area contributed by atoms with Crippen molar-refractivity contribution >= 4 is 15.9 Å². The minimum atomic E-state index is -3.65. The van der Waals surface area contributed by atoms with Gasteiger partial charge < -0.3 is 4.90 Å². The van der Waals surface area contributed by atoms with Crippen molar-refractivity contribution in [3.05, 3.63) is 29.6 Å². The Bertz CT molecular complexity index is 788. The van der Waals surface area contributed by atoms with Gasteiger partial charge >= 0.3 is 0 Å². The molecule has 1 unspecified atom stereocenters. The third kappa shape index (κ3) is 4.19. The monoisotopic (exact) mass is 396 g/mol. The molecule has 2 fully saturated rings. The molecule has 1 aromatic carbocycles. The third-order valence-corrected chi connectivity index (χ3v) is 7.85. The van der Waals surface area contributed by atoms with Gasteiger partial charge in [0.15, 0.2) is 0 Å². The summed E-state index contributed by atoms with van der Waals surface area (Å²) in [7, 11) is -3.65. The van der Waals surface area contributed by atoms with Crippen LogP contribution < -0.4 is 0 Å². The molecule has 2 aliphatic heterocycles. The Morgan fingerprint density at radius 1 is 1.15 bits per heavy atom. The highest BCUT2D eigenvalue weighted by Crippen LogP contribution is 2.28. The molecule has 2 heterocycles. The lowest BCUT2D eigenvalue weighted by molar-refractivity contribution is -0.140. The summed E-state index contributed by atoms with van der Waals surface area (Å²) in [6.07, 6.45) is 5.37. The van der Waals surface area contributed by atoms with Gasteiger partial charge in [0.25, 0.3) is 0 Å². The van der Waals surface area contributed by atoms with E-state index in [4.69, 9.17) is 0 Å². The molecule has 0 N–H and O–H groups in total. The summed E-state index contributed by atoms with van der Waals surface area (Å²) in [5.41, 5.74) is 0.317. The van der Waals surface area contributed by atoms with Crippen LogP contribution in [-0.4, -0.2) is 49.2 Å². The van der Waals surface area contributed by atoms with Crippen LogP contribution >= 0.6 is 0 Å². The van der Waals surface area contributed by atoms with Gasteiger partial charge in [-0.2, -0.15) is 4.31 Å². The predicted molar refractivity (Wildman–Crippen MR) is 102 cm³/mol.